The summed E-state index contributed by atoms with van der Waals surface area (Å²) in [6.45, 7) is 8.27. The van der Waals surface area contributed by atoms with Crippen LogP contribution in [0.1, 0.15) is 40.5 Å². The Labute approximate surface area is 103 Å². The van der Waals surface area contributed by atoms with Gasteiger partial charge in [-0.3, -0.25) is 14.5 Å². The molecule has 1 amide bonds. The first-order valence-corrected chi connectivity index (χ1v) is 6.12. The minimum Gasteiger partial charge on any atom is -0.480 e. The maximum absolute atomic E-state index is 11.5. The molecule has 0 aliphatic rings. The van der Waals surface area contributed by atoms with Gasteiger partial charge in [-0.15, -0.1) is 0 Å². The first-order chi connectivity index (χ1) is 7.86. The van der Waals surface area contributed by atoms with E-state index < -0.39 is 5.97 Å². The van der Waals surface area contributed by atoms with E-state index in [2.05, 4.69) is 5.32 Å². The number of nitrogens with one attached hydrogen (secondary N) is 1. The van der Waals surface area contributed by atoms with E-state index in [1.54, 1.807) is 0 Å². The van der Waals surface area contributed by atoms with E-state index in [-0.39, 0.29) is 24.5 Å². The molecule has 2 N–H and O–H groups in total. The third-order valence-corrected chi connectivity index (χ3v) is 2.63. The highest BCUT2D eigenvalue weighted by molar-refractivity contribution is 5.76. The fraction of sp³-hybridized carbons (Fsp3) is 0.833. The van der Waals surface area contributed by atoms with Crippen LogP contribution in [0.4, 0.5) is 0 Å². The Morgan fingerprint density at radius 3 is 2.29 bits per heavy atom. The van der Waals surface area contributed by atoms with Crippen molar-refractivity contribution in [2.24, 2.45) is 0 Å². The van der Waals surface area contributed by atoms with Crippen molar-refractivity contribution in [2.45, 2.75) is 52.6 Å². The SMILES string of the molecule is CCC(C)N(CCC(=O)NC(C)C)CC(=O)O. The van der Waals surface area contributed by atoms with Gasteiger partial charge in [0.25, 0.3) is 0 Å². The molecule has 1 atom stereocenters. The molecule has 0 aromatic heterocycles. The van der Waals surface area contributed by atoms with Gasteiger partial charge in [0, 0.05) is 25.0 Å². The molecule has 100 valence electrons. The summed E-state index contributed by atoms with van der Waals surface area (Å²) in [6.07, 6.45) is 1.22. The van der Waals surface area contributed by atoms with E-state index >= 15 is 0 Å². The number of hydrogen-bond acceptors (Lipinski definition) is 3. The smallest absolute Gasteiger partial charge is 0.317 e. The molecule has 5 nitrogen and oxygen atoms in total. The first kappa shape index (κ1) is 15.9. The van der Waals surface area contributed by atoms with Crippen molar-refractivity contribution in [3.63, 3.8) is 0 Å². The van der Waals surface area contributed by atoms with Crippen molar-refractivity contribution in [2.75, 3.05) is 13.1 Å². The zero-order valence-corrected chi connectivity index (χ0v) is 11.2. The molecule has 0 aromatic carbocycles. The molecular weight excluding hydrogens is 220 g/mol. The normalized spacial score (nSPS) is 12.8. The number of rotatable bonds is 8. The lowest BCUT2D eigenvalue weighted by atomic mass is 10.2. The van der Waals surface area contributed by atoms with Gasteiger partial charge in [0.1, 0.15) is 0 Å². The van der Waals surface area contributed by atoms with Crippen LogP contribution < -0.4 is 5.32 Å². The van der Waals surface area contributed by atoms with E-state index in [4.69, 9.17) is 5.11 Å². The predicted octanol–water partition coefficient (Wildman–Crippen LogP) is 1.09. The third-order valence-electron chi connectivity index (χ3n) is 2.63. The molecule has 0 rings (SSSR count). The summed E-state index contributed by atoms with van der Waals surface area (Å²) in [7, 11) is 0. The summed E-state index contributed by atoms with van der Waals surface area (Å²) >= 11 is 0. The summed E-state index contributed by atoms with van der Waals surface area (Å²) < 4.78 is 0. The van der Waals surface area contributed by atoms with E-state index in [0.29, 0.717) is 13.0 Å². The number of hydrogen-bond donors (Lipinski definition) is 2. The van der Waals surface area contributed by atoms with Gasteiger partial charge in [-0.25, -0.2) is 0 Å². The van der Waals surface area contributed by atoms with Gasteiger partial charge >= 0.3 is 5.97 Å². The number of carboxylic acids is 1. The van der Waals surface area contributed by atoms with Crippen LogP contribution in [0.25, 0.3) is 0 Å². The van der Waals surface area contributed by atoms with Gasteiger partial charge in [0.05, 0.1) is 6.54 Å². The van der Waals surface area contributed by atoms with Crippen LogP contribution in [-0.2, 0) is 9.59 Å². The maximum Gasteiger partial charge on any atom is 0.317 e. The molecule has 0 heterocycles. The number of carboxylic acid groups (broad SMARTS) is 1. The van der Waals surface area contributed by atoms with Crippen LogP contribution in [0.2, 0.25) is 0 Å². The molecular formula is C12H24N2O3. The van der Waals surface area contributed by atoms with Gasteiger partial charge < -0.3 is 10.4 Å². The second kappa shape index (κ2) is 8.06. The van der Waals surface area contributed by atoms with E-state index in [0.717, 1.165) is 6.42 Å². The standard InChI is InChI=1S/C12H24N2O3/c1-5-10(4)14(8-12(16)17)7-6-11(15)13-9(2)3/h9-10H,5-8H2,1-4H3,(H,13,15)(H,16,17). The van der Waals surface area contributed by atoms with Crippen molar-refractivity contribution >= 4 is 11.9 Å². The lowest BCUT2D eigenvalue weighted by molar-refractivity contribution is -0.139. The molecule has 0 bridgehead atoms. The molecule has 17 heavy (non-hydrogen) atoms. The van der Waals surface area contributed by atoms with Crippen molar-refractivity contribution in [1.29, 1.82) is 0 Å². The Kier molecular flexibility index (Phi) is 7.54. The van der Waals surface area contributed by atoms with E-state index in [1.165, 1.54) is 0 Å². The van der Waals surface area contributed by atoms with Crippen LogP contribution >= 0.6 is 0 Å². The van der Waals surface area contributed by atoms with Gasteiger partial charge in [-0.2, -0.15) is 0 Å². The number of nitrogens with zero attached hydrogens (tertiary/aromatic N) is 1. The molecule has 0 aliphatic heterocycles. The molecule has 0 fully saturated rings. The topological polar surface area (TPSA) is 69.6 Å². The summed E-state index contributed by atoms with van der Waals surface area (Å²) in [6, 6.07) is 0.303. The summed E-state index contributed by atoms with van der Waals surface area (Å²) in [5, 5.41) is 11.6. The monoisotopic (exact) mass is 244 g/mol. The fourth-order valence-corrected chi connectivity index (χ4v) is 1.53. The Morgan fingerprint density at radius 1 is 1.29 bits per heavy atom. The van der Waals surface area contributed by atoms with E-state index in [1.807, 2.05) is 32.6 Å². The molecule has 0 radical (unpaired) electrons. The summed E-state index contributed by atoms with van der Waals surface area (Å²) in [5.41, 5.74) is 0. The molecule has 0 saturated heterocycles. The zero-order valence-electron chi connectivity index (χ0n) is 11.2. The Bertz CT molecular complexity index is 254. The van der Waals surface area contributed by atoms with Crippen LogP contribution in [0.15, 0.2) is 0 Å². The van der Waals surface area contributed by atoms with Crippen molar-refractivity contribution in [1.82, 2.24) is 10.2 Å². The minimum atomic E-state index is -0.852. The lowest BCUT2D eigenvalue weighted by Gasteiger charge is -2.26. The quantitative estimate of drug-likeness (QED) is 0.670. The lowest BCUT2D eigenvalue weighted by Crippen LogP contribution is -2.40. The number of aliphatic carboxylic acids is 1. The predicted molar refractivity (Wildman–Crippen MR) is 66.9 cm³/mol. The van der Waals surface area contributed by atoms with Gasteiger partial charge in [-0.1, -0.05) is 6.92 Å². The van der Waals surface area contributed by atoms with Crippen molar-refractivity contribution in [3.8, 4) is 0 Å². The van der Waals surface area contributed by atoms with Crippen LogP contribution in [0, 0.1) is 0 Å². The summed E-state index contributed by atoms with van der Waals surface area (Å²) in [4.78, 5) is 24.0. The fourth-order valence-electron chi connectivity index (χ4n) is 1.53. The number of carbonyl (C=O) groups excluding carboxylic acids is 1. The van der Waals surface area contributed by atoms with Gasteiger partial charge in [0.2, 0.25) is 5.91 Å². The second-order valence-corrected chi connectivity index (χ2v) is 4.59. The first-order valence-electron chi connectivity index (χ1n) is 6.12. The summed E-state index contributed by atoms with van der Waals surface area (Å²) in [5.74, 6) is -0.881. The highest BCUT2D eigenvalue weighted by Gasteiger charge is 2.16. The molecule has 0 aliphatic carbocycles. The average Bonchev–Trinajstić information content (AvgIpc) is 2.21. The van der Waals surface area contributed by atoms with Gasteiger partial charge in [-0.05, 0) is 27.2 Å². The maximum atomic E-state index is 11.5. The Balaban J connectivity index is 4.15. The third kappa shape index (κ3) is 7.74. The Hall–Kier alpha value is -1.10. The highest BCUT2D eigenvalue weighted by atomic mass is 16.4. The molecule has 5 heteroatoms. The average molecular weight is 244 g/mol. The zero-order chi connectivity index (χ0) is 13.4. The van der Waals surface area contributed by atoms with Crippen molar-refractivity contribution in [3.05, 3.63) is 0 Å². The molecule has 0 saturated carbocycles. The van der Waals surface area contributed by atoms with Crippen LogP contribution in [0.5, 0.6) is 0 Å². The number of carbonyl (C=O) groups is 2. The molecule has 1 unspecified atom stereocenters. The van der Waals surface area contributed by atoms with Crippen molar-refractivity contribution < 1.29 is 14.7 Å². The second-order valence-electron chi connectivity index (χ2n) is 4.59. The minimum absolute atomic E-state index is 0.00996. The Morgan fingerprint density at radius 2 is 1.88 bits per heavy atom. The van der Waals surface area contributed by atoms with Crippen LogP contribution in [0.3, 0.4) is 0 Å². The number of amides is 1. The van der Waals surface area contributed by atoms with Gasteiger partial charge in [0.15, 0.2) is 0 Å². The van der Waals surface area contributed by atoms with E-state index in [9.17, 15) is 9.59 Å². The largest absolute Gasteiger partial charge is 0.480 e. The van der Waals surface area contributed by atoms with Crippen LogP contribution in [-0.4, -0.2) is 47.1 Å². The highest BCUT2D eigenvalue weighted by Crippen LogP contribution is 2.04. The molecule has 0 spiro atoms. The molecule has 0 aromatic rings.